The summed E-state index contributed by atoms with van der Waals surface area (Å²) in [6.45, 7) is 3.90. The molecular formula is C19H25FN2O2S2. The summed E-state index contributed by atoms with van der Waals surface area (Å²) in [5.74, 6) is -0.429. The molecule has 26 heavy (non-hydrogen) atoms. The Labute approximate surface area is 159 Å². The van der Waals surface area contributed by atoms with Gasteiger partial charge in [0.15, 0.2) is 0 Å². The van der Waals surface area contributed by atoms with E-state index in [1.807, 2.05) is 5.38 Å². The molecule has 0 spiro atoms. The molecule has 1 unspecified atom stereocenters. The number of benzene rings is 1. The number of hydrogen-bond donors (Lipinski definition) is 1. The van der Waals surface area contributed by atoms with Crippen LogP contribution in [0.15, 0.2) is 39.9 Å². The minimum atomic E-state index is -3.68. The number of nitrogens with one attached hydrogen (secondary N) is 1. The van der Waals surface area contributed by atoms with Gasteiger partial charge in [-0.1, -0.05) is 12.8 Å². The van der Waals surface area contributed by atoms with Crippen LogP contribution in [-0.4, -0.2) is 33.0 Å². The highest BCUT2D eigenvalue weighted by Gasteiger charge is 2.25. The van der Waals surface area contributed by atoms with Crippen LogP contribution in [0.1, 0.15) is 42.9 Å². The summed E-state index contributed by atoms with van der Waals surface area (Å²) in [6.07, 6.45) is 4.75. The number of halogens is 1. The van der Waals surface area contributed by atoms with Gasteiger partial charge in [0, 0.05) is 12.6 Å². The van der Waals surface area contributed by atoms with Gasteiger partial charge >= 0.3 is 0 Å². The van der Waals surface area contributed by atoms with Gasteiger partial charge in [0.1, 0.15) is 5.82 Å². The van der Waals surface area contributed by atoms with Crippen molar-refractivity contribution in [3.8, 4) is 0 Å². The zero-order valence-corrected chi connectivity index (χ0v) is 16.6. The van der Waals surface area contributed by atoms with Crippen molar-refractivity contribution in [1.29, 1.82) is 0 Å². The van der Waals surface area contributed by atoms with Crippen molar-refractivity contribution in [2.75, 3.05) is 19.6 Å². The second-order valence-electron chi connectivity index (χ2n) is 6.78. The molecule has 0 radical (unpaired) electrons. The summed E-state index contributed by atoms with van der Waals surface area (Å²) in [7, 11) is -3.68. The van der Waals surface area contributed by atoms with Crippen molar-refractivity contribution in [3.05, 3.63) is 52.0 Å². The molecule has 0 aliphatic carbocycles. The van der Waals surface area contributed by atoms with Gasteiger partial charge in [0.2, 0.25) is 10.0 Å². The van der Waals surface area contributed by atoms with Crippen LogP contribution in [0.5, 0.6) is 0 Å². The first-order chi connectivity index (χ1) is 12.5. The fourth-order valence-corrected chi connectivity index (χ4v) is 5.48. The zero-order chi connectivity index (χ0) is 18.6. The van der Waals surface area contributed by atoms with Crippen LogP contribution in [0.3, 0.4) is 0 Å². The summed E-state index contributed by atoms with van der Waals surface area (Å²) in [5, 5.41) is 4.12. The second kappa shape index (κ2) is 8.61. The normalized spacial score (nSPS) is 17.8. The van der Waals surface area contributed by atoms with Crippen molar-refractivity contribution >= 4 is 21.4 Å². The smallest absolute Gasteiger partial charge is 0.240 e. The molecular weight excluding hydrogens is 371 g/mol. The second-order valence-corrected chi connectivity index (χ2v) is 9.30. The van der Waals surface area contributed by atoms with Crippen molar-refractivity contribution in [1.82, 2.24) is 9.62 Å². The molecule has 0 amide bonds. The lowest BCUT2D eigenvalue weighted by Gasteiger charge is -2.30. The molecule has 0 saturated carbocycles. The molecule has 2 heterocycles. The Morgan fingerprint density at radius 3 is 2.54 bits per heavy atom. The summed E-state index contributed by atoms with van der Waals surface area (Å²) < 4.78 is 41.5. The van der Waals surface area contributed by atoms with Crippen LogP contribution >= 0.6 is 11.3 Å². The van der Waals surface area contributed by atoms with Crippen LogP contribution in [0.2, 0.25) is 0 Å². The first-order valence-corrected chi connectivity index (χ1v) is 11.4. The monoisotopic (exact) mass is 396 g/mol. The molecule has 2 aromatic rings. The first kappa shape index (κ1) is 19.5. The third kappa shape index (κ3) is 4.71. The summed E-state index contributed by atoms with van der Waals surface area (Å²) in [4.78, 5) is 2.52. The summed E-state index contributed by atoms with van der Waals surface area (Å²) in [5.41, 5.74) is 1.56. The number of thiophene rings is 1. The van der Waals surface area contributed by atoms with Gasteiger partial charge in [-0.3, -0.25) is 4.90 Å². The molecule has 1 atom stereocenters. The highest BCUT2D eigenvalue weighted by Crippen LogP contribution is 2.26. The lowest BCUT2D eigenvalue weighted by atomic mass is 10.1. The topological polar surface area (TPSA) is 49.4 Å². The molecule has 0 bridgehead atoms. The lowest BCUT2D eigenvalue weighted by Crippen LogP contribution is -2.38. The van der Waals surface area contributed by atoms with E-state index in [2.05, 4.69) is 21.1 Å². The molecule has 1 N–H and O–H groups in total. The lowest BCUT2D eigenvalue weighted by molar-refractivity contribution is 0.206. The molecule has 4 nitrogen and oxygen atoms in total. The Morgan fingerprint density at radius 2 is 1.92 bits per heavy atom. The van der Waals surface area contributed by atoms with Crippen LogP contribution in [-0.2, 0) is 10.0 Å². The standard InChI is InChI=1S/C19H25FN2O2S2/c1-15-12-17(20)6-7-19(15)26(23,24)21-13-18(16-8-11-25-14-16)22-9-4-2-3-5-10-22/h6-8,11-12,14,18,21H,2-5,9-10,13H2,1H3. The third-order valence-corrected chi connectivity index (χ3v) is 7.19. The van der Waals surface area contributed by atoms with E-state index in [1.54, 1.807) is 18.3 Å². The predicted molar refractivity (Wildman–Crippen MR) is 103 cm³/mol. The Morgan fingerprint density at radius 1 is 1.19 bits per heavy atom. The zero-order valence-electron chi connectivity index (χ0n) is 14.9. The van der Waals surface area contributed by atoms with Crippen LogP contribution in [0, 0.1) is 12.7 Å². The maximum absolute atomic E-state index is 13.3. The summed E-state index contributed by atoms with van der Waals surface area (Å²) in [6, 6.07) is 5.86. The van der Waals surface area contributed by atoms with E-state index in [1.165, 1.54) is 31.0 Å². The average molecular weight is 397 g/mol. The van der Waals surface area contributed by atoms with Crippen LogP contribution < -0.4 is 4.72 Å². The van der Waals surface area contributed by atoms with E-state index in [-0.39, 0.29) is 10.9 Å². The van der Waals surface area contributed by atoms with Crippen molar-refractivity contribution in [2.24, 2.45) is 0 Å². The number of nitrogens with zero attached hydrogens (tertiary/aromatic N) is 1. The molecule has 1 saturated heterocycles. The summed E-state index contributed by atoms with van der Waals surface area (Å²) >= 11 is 1.63. The van der Waals surface area contributed by atoms with Crippen molar-refractivity contribution in [2.45, 2.75) is 43.5 Å². The fraction of sp³-hybridized carbons (Fsp3) is 0.474. The van der Waals surface area contributed by atoms with E-state index in [9.17, 15) is 12.8 Å². The van der Waals surface area contributed by atoms with Crippen molar-refractivity contribution in [3.63, 3.8) is 0 Å². The fourth-order valence-electron chi connectivity index (χ4n) is 3.51. The average Bonchev–Trinajstić information content (AvgIpc) is 2.97. The molecule has 3 rings (SSSR count). The maximum Gasteiger partial charge on any atom is 0.240 e. The third-order valence-electron chi connectivity index (χ3n) is 4.90. The molecule has 1 aliphatic rings. The van der Waals surface area contributed by atoms with Gasteiger partial charge in [0.05, 0.1) is 4.90 Å². The quantitative estimate of drug-likeness (QED) is 0.800. The maximum atomic E-state index is 13.3. The van der Waals surface area contributed by atoms with Gasteiger partial charge in [-0.15, -0.1) is 0 Å². The van der Waals surface area contributed by atoms with Gasteiger partial charge in [0.25, 0.3) is 0 Å². The largest absolute Gasteiger partial charge is 0.295 e. The SMILES string of the molecule is Cc1cc(F)ccc1S(=O)(=O)NCC(c1ccsc1)N1CCCCCC1. The highest BCUT2D eigenvalue weighted by atomic mass is 32.2. The molecule has 7 heteroatoms. The number of sulfonamides is 1. The predicted octanol–water partition coefficient (Wildman–Crippen LogP) is 4.09. The molecule has 1 aromatic carbocycles. The van der Waals surface area contributed by atoms with Gasteiger partial charge in [-0.05, 0) is 79.0 Å². The molecule has 1 aromatic heterocycles. The Balaban J connectivity index is 1.78. The highest BCUT2D eigenvalue weighted by molar-refractivity contribution is 7.89. The van der Waals surface area contributed by atoms with Gasteiger partial charge < -0.3 is 0 Å². The van der Waals surface area contributed by atoms with Crippen molar-refractivity contribution < 1.29 is 12.8 Å². The Bertz CT molecular complexity index is 814. The number of hydrogen-bond acceptors (Lipinski definition) is 4. The van der Waals surface area contributed by atoms with Crippen LogP contribution in [0.4, 0.5) is 4.39 Å². The Hall–Kier alpha value is -1.28. The van der Waals surface area contributed by atoms with E-state index in [0.717, 1.165) is 31.5 Å². The van der Waals surface area contributed by atoms with Gasteiger partial charge in [-0.2, -0.15) is 11.3 Å². The first-order valence-electron chi connectivity index (χ1n) is 8.99. The number of likely N-dealkylation sites (tertiary alicyclic amines) is 1. The van der Waals surface area contributed by atoms with E-state index >= 15 is 0 Å². The number of rotatable bonds is 6. The van der Waals surface area contributed by atoms with E-state index < -0.39 is 15.8 Å². The number of aryl methyl sites for hydroxylation is 1. The minimum Gasteiger partial charge on any atom is -0.295 e. The van der Waals surface area contributed by atoms with E-state index in [0.29, 0.717) is 12.1 Å². The van der Waals surface area contributed by atoms with Crippen LogP contribution in [0.25, 0.3) is 0 Å². The molecule has 142 valence electrons. The van der Waals surface area contributed by atoms with Gasteiger partial charge in [-0.25, -0.2) is 17.5 Å². The molecule has 1 aliphatic heterocycles. The molecule has 1 fully saturated rings. The van der Waals surface area contributed by atoms with E-state index in [4.69, 9.17) is 0 Å². The Kier molecular flexibility index (Phi) is 6.45. The minimum absolute atomic E-state index is 0.0230.